The van der Waals surface area contributed by atoms with Crippen LogP contribution in [0, 0.1) is 11.6 Å². The third-order valence-corrected chi connectivity index (χ3v) is 6.16. The summed E-state index contributed by atoms with van der Waals surface area (Å²) in [5.74, 6) is -1.68. The Hall–Kier alpha value is -3.84. The van der Waals surface area contributed by atoms with Crippen molar-refractivity contribution in [2.24, 2.45) is 0 Å². The van der Waals surface area contributed by atoms with Crippen molar-refractivity contribution in [1.29, 1.82) is 0 Å². The highest BCUT2D eigenvalue weighted by molar-refractivity contribution is 7.10. The monoisotopic (exact) mass is 476 g/mol. The van der Waals surface area contributed by atoms with E-state index in [9.17, 15) is 18.4 Å². The largest absolute Gasteiger partial charge is 0.350 e. The molecule has 4 nitrogen and oxygen atoms in total. The maximum Gasteiger partial charge on any atom is 0.248 e. The number of thiophene rings is 1. The number of benzene rings is 3. The van der Waals surface area contributed by atoms with Crippen molar-refractivity contribution < 1.29 is 18.4 Å². The normalized spacial score (nSPS) is 11.6. The molecular weight excluding hydrogens is 454 g/mol. The van der Waals surface area contributed by atoms with Crippen LogP contribution in [-0.2, 0) is 22.6 Å². The van der Waals surface area contributed by atoms with Gasteiger partial charge in [0.1, 0.15) is 17.7 Å². The van der Waals surface area contributed by atoms with Crippen molar-refractivity contribution >= 4 is 28.8 Å². The first kappa shape index (κ1) is 23.3. The van der Waals surface area contributed by atoms with E-state index in [4.69, 9.17) is 0 Å². The molecule has 1 heterocycles. The van der Waals surface area contributed by atoms with Crippen LogP contribution in [0.3, 0.4) is 0 Å². The van der Waals surface area contributed by atoms with Gasteiger partial charge in [0, 0.05) is 17.1 Å². The second kappa shape index (κ2) is 10.9. The van der Waals surface area contributed by atoms with Gasteiger partial charge in [0.15, 0.2) is 0 Å². The zero-order valence-corrected chi connectivity index (χ0v) is 19.0. The van der Waals surface area contributed by atoms with Gasteiger partial charge in [-0.1, -0.05) is 48.5 Å². The standard InChI is InChI=1S/C27H22F2N2O2S/c28-21-10-8-20(9-11-21)26(27(33)30-18-19-5-2-1-3-6-19)31(23-14-12-22(29)13-15-23)25(32)17-24-7-4-16-34-24/h1-16,26H,17-18H2,(H,30,33). The summed E-state index contributed by atoms with van der Waals surface area (Å²) < 4.78 is 27.3. The molecule has 1 unspecified atom stereocenters. The van der Waals surface area contributed by atoms with Crippen molar-refractivity contribution in [1.82, 2.24) is 5.32 Å². The Balaban J connectivity index is 1.72. The summed E-state index contributed by atoms with van der Waals surface area (Å²) in [7, 11) is 0. The lowest BCUT2D eigenvalue weighted by Gasteiger charge is -2.31. The van der Waals surface area contributed by atoms with Crippen LogP contribution in [-0.4, -0.2) is 11.8 Å². The quantitative estimate of drug-likeness (QED) is 0.357. The number of nitrogens with one attached hydrogen (secondary N) is 1. The predicted octanol–water partition coefficient (Wildman–Crippen LogP) is 5.66. The minimum atomic E-state index is -1.08. The molecule has 0 saturated heterocycles. The van der Waals surface area contributed by atoms with Crippen molar-refractivity contribution in [2.45, 2.75) is 19.0 Å². The van der Waals surface area contributed by atoms with Gasteiger partial charge < -0.3 is 5.32 Å². The van der Waals surface area contributed by atoms with Gasteiger partial charge in [-0.3, -0.25) is 14.5 Å². The van der Waals surface area contributed by atoms with Gasteiger partial charge in [-0.25, -0.2) is 8.78 Å². The van der Waals surface area contributed by atoms with E-state index in [0.29, 0.717) is 11.3 Å². The topological polar surface area (TPSA) is 49.4 Å². The number of halogens is 2. The van der Waals surface area contributed by atoms with Gasteiger partial charge in [0.2, 0.25) is 11.8 Å². The lowest BCUT2D eigenvalue weighted by Crippen LogP contribution is -2.44. The highest BCUT2D eigenvalue weighted by Gasteiger charge is 2.33. The molecule has 0 saturated carbocycles. The molecular formula is C27H22F2N2O2S. The molecule has 0 bridgehead atoms. The van der Waals surface area contributed by atoms with Crippen LogP contribution in [0.5, 0.6) is 0 Å². The fourth-order valence-electron chi connectivity index (χ4n) is 3.63. The third kappa shape index (κ3) is 5.74. The first-order valence-corrected chi connectivity index (χ1v) is 11.6. The zero-order chi connectivity index (χ0) is 23.9. The Bertz CT molecular complexity index is 1230. The van der Waals surface area contributed by atoms with E-state index in [1.54, 1.807) is 0 Å². The predicted molar refractivity (Wildman–Crippen MR) is 129 cm³/mol. The van der Waals surface area contributed by atoms with E-state index in [2.05, 4.69) is 5.32 Å². The molecule has 0 fully saturated rings. The summed E-state index contributed by atoms with van der Waals surface area (Å²) in [5.41, 5.74) is 1.70. The molecule has 34 heavy (non-hydrogen) atoms. The molecule has 0 aliphatic rings. The van der Waals surface area contributed by atoms with Gasteiger partial charge in [0.25, 0.3) is 0 Å². The number of carbonyl (C=O) groups excluding carboxylic acids is 2. The Morgan fingerprint density at radius 3 is 2.09 bits per heavy atom. The molecule has 2 amide bonds. The van der Waals surface area contributed by atoms with Gasteiger partial charge >= 0.3 is 0 Å². The number of amides is 2. The SMILES string of the molecule is O=C(NCc1ccccc1)C(c1ccc(F)cc1)N(C(=O)Cc1cccs1)c1ccc(F)cc1. The highest BCUT2D eigenvalue weighted by atomic mass is 32.1. The van der Waals surface area contributed by atoms with Crippen LogP contribution >= 0.6 is 11.3 Å². The molecule has 1 atom stereocenters. The Morgan fingerprint density at radius 1 is 0.824 bits per heavy atom. The van der Waals surface area contributed by atoms with Gasteiger partial charge in [0.05, 0.1) is 6.42 Å². The van der Waals surface area contributed by atoms with Crippen LogP contribution in [0.4, 0.5) is 14.5 Å². The molecule has 4 aromatic rings. The summed E-state index contributed by atoms with van der Waals surface area (Å²) in [6.07, 6.45) is 0.0682. The molecule has 172 valence electrons. The summed E-state index contributed by atoms with van der Waals surface area (Å²) in [6, 6.07) is 22.9. The van der Waals surface area contributed by atoms with E-state index in [1.165, 1.54) is 64.8 Å². The average molecular weight is 477 g/mol. The fraction of sp³-hybridized carbons (Fsp3) is 0.111. The second-order valence-electron chi connectivity index (χ2n) is 7.65. The van der Waals surface area contributed by atoms with Crippen LogP contribution in [0.15, 0.2) is 96.4 Å². The van der Waals surface area contributed by atoms with Gasteiger partial charge in [-0.15, -0.1) is 11.3 Å². The highest BCUT2D eigenvalue weighted by Crippen LogP contribution is 2.30. The molecule has 1 aromatic heterocycles. The molecule has 0 aliphatic heterocycles. The fourth-order valence-corrected chi connectivity index (χ4v) is 4.33. The molecule has 3 aromatic carbocycles. The number of anilines is 1. The maximum absolute atomic E-state index is 13.7. The minimum absolute atomic E-state index is 0.0682. The number of nitrogens with zero attached hydrogens (tertiary/aromatic N) is 1. The summed E-state index contributed by atoms with van der Waals surface area (Å²) in [5, 5.41) is 4.76. The summed E-state index contributed by atoms with van der Waals surface area (Å²) >= 11 is 1.43. The number of rotatable bonds is 8. The third-order valence-electron chi connectivity index (χ3n) is 5.28. The Kier molecular flexibility index (Phi) is 7.44. The average Bonchev–Trinajstić information content (AvgIpc) is 3.36. The number of carbonyl (C=O) groups is 2. The zero-order valence-electron chi connectivity index (χ0n) is 18.2. The Morgan fingerprint density at radius 2 is 1.47 bits per heavy atom. The lowest BCUT2D eigenvalue weighted by molar-refractivity contribution is -0.126. The second-order valence-corrected chi connectivity index (χ2v) is 8.69. The van der Waals surface area contributed by atoms with Crippen LogP contribution in [0.2, 0.25) is 0 Å². The van der Waals surface area contributed by atoms with Crippen LogP contribution < -0.4 is 10.2 Å². The van der Waals surface area contributed by atoms with E-state index >= 15 is 0 Å². The first-order chi connectivity index (χ1) is 16.5. The minimum Gasteiger partial charge on any atom is -0.350 e. The smallest absolute Gasteiger partial charge is 0.248 e. The summed E-state index contributed by atoms with van der Waals surface area (Å²) in [6.45, 7) is 0.258. The van der Waals surface area contributed by atoms with Crippen molar-refractivity contribution in [3.05, 3.63) is 124 Å². The van der Waals surface area contributed by atoms with Crippen molar-refractivity contribution in [2.75, 3.05) is 4.90 Å². The summed E-state index contributed by atoms with van der Waals surface area (Å²) in [4.78, 5) is 29.2. The van der Waals surface area contributed by atoms with Crippen LogP contribution in [0.25, 0.3) is 0 Å². The van der Waals surface area contributed by atoms with Crippen LogP contribution in [0.1, 0.15) is 22.0 Å². The van der Waals surface area contributed by atoms with E-state index < -0.39 is 23.6 Å². The molecule has 0 spiro atoms. The van der Waals surface area contributed by atoms with Gasteiger partial charge in [-0.2, -0.15) is 0 Å². The Labute approximate surface area is 200 Å². The lowest BCUT2D eigenvalue weighted by atomic mass is 10.0. The molecule has 0 aliphatic carbocycles. The molecule has 7 heteroatoms. The molecule has 0 radical (unpaired) electrons. The van der Waals surface area contributed by atoms with E-state index in [0.717, 1.165) is 10.4 Å². The first-order valence-electron chi connectivity index (χ1n) is 10.7. The maximum atomic E-state index is 13.7. The number of hydrogen-bond donors (Lipinski definition) is 1. The number of hydrogen-bond acceptors (Lipinski definition) is 3. The van der Waals surface area contributed by atoms with Crippen molar-refractivity contribution in [3.8, 4) is 0 Å². The van der Waals surface area contributed by atoms with E-state index in [1.807, 2.05) is 47.8 Å². The molecule has 1 N–H and O–H groups in total. The van der Waals surface area contributed by atoms with Gasteiger partial charge in [-0.05, 0) is 59.0 Å². The molecule has 4 rings (SSSR count). The van der Waals surface area contributed by atoms with E-state index in [-0.39, 0.29) is 18.9 Å². The van der Waals surface area contributed by atoms with Crippen molar-refractivity contribution in [3.63, 3.8) is 0 Å².